The number of allylic oxidation sites excluding steroid dienone is 1. The van der Waals surface area contributed by atoms with Crippen molar-refractivity contribution in [1.82, 2.24) is 5.32 Å². The van der Waals surface area contributed by atoms with Gasteiger partial charge in [0.1, 0.15) is 0 Å². The van der Waals surface area contributed by atoms with E-state index in [4.69, 9.17) is 0 Å². The molecule has 1 amide bonds. The molecular weight excluding hydrogens is 198 g/mol. The number of hydrogen-bond acceptors (Lipinski definition) is 1. The number of carbonyl (C=O) groups is 1. The molecule has 2 nitrogen and oxygen atoms in total. The number of amides is 1. The molecule has 84 valence electrons. The Labute approximate surface area is 96.4 Å². The molecule has 2 rings (SSSR count). The summed E-state index contributed by atoms with van der Waals surface area (Å²) in [5.74, 6) is 0.0203. The van der Waals surface area contributed by atoms with E-state index in [1.165, 1.54) is 11.1 Å². The number of aryl methyl sites for hydroxylation is 1. The Morgan fingerprint density at radius 2 is 2.12 bits per heavy atom. The van der Waals surface area contributed by atoms with Crippen LogP contribution in [0.25, 0.3) is 0 Å². The molecule has 1 aliphatic carbocycles. The molecule has 0 radical (unpaired) electrons. The first-order valence-corrected chi connectivity index (χ1v) is 5.79. The summed E-state index contributed by atoms with van der Waals surface area (Å²) >= 11 is 0. The average Bonchev–Trinajstić information content (AvgIpc) is 2.29. The van der Waals surface area contributed by atoms with E-state index in [0.717, 1.165) is 19.3 Å². The first-order valence-electron chi connectivity index (χ1n) is 5.79. The van der Waals surface area contributed by atoms with Crippen molar-refractivity contribution in [1.29, 1.82) is 0 Å². The average molecular weight is 215 g/mol. The van der Waals surface area contributed by atoms with Crippen molar-refractivity contribution in [3.05, 3.63) is 47.5 Å². The molecule has 1 N–H and O–H groups in total. The fraction of sp³-hybridized carbons (Fsp3) is 0.357. The van der Waals surface area contributed by atoms with E-state index >= 15 is 0 Å². The second-order valence-electron chi connectivity index (χ2n) is 4.22. The lowest BCUT2D eigenvalue weighted by atomic mass is 9.88. The van der Waals surface area contributed by atoms with E-state index in [0.29, 0.717) is 6.04 Å². The highest BCUT2D eigenvalue weighted by molar-refractivity contribution is 5.87. The van der Waals surface area contributed by atoms with E-state index in [-0.39, 0.29) is 5.91 Å². The zero-order valence-electron chi connectivity index (χ0n) is 9.57. The Morgan fingerprint density at radius 3 is 2.88 bits per heavy atom. The maximum Gasteiger partial charge on any atom is 0.243 e. The molecule has 1 aliphatic rings. The molecule has 1 aromatic rings. The molecule has 1 aromatic carbocycles. The van der Waals surface area contributed by atoms with Crippen LogP contribution in [-0.4, -0.2) is 11.9 Å². The zero-order chi connectivity index (χ0) is 11.4. The molecule has 0 fully saturated rings. The number of benzene rings is 1. The molecular formula is C14H17NO. The van der Waals surface area contributed by atoms with Gasteiger partial charge in [0, 0.05) is 6.04 Å². The van der Waals surface area contributed by atoms with E-state index in [1.807, 2.05) is 6.92 Å². The van der Waals surface area contributed by atoms with Crippen LogP contribution in [0.5, 0.6) is 0 Å². The third-order valence-electron chi connectivity index (χ3n) is 3.01. The lowest BCUT2D eigenvalue weighted by Gasteiger charge is -2.24. The number of hydrogen-bond donors (Lipinski definition) is 1. The fourth-order valence-electron chi connectivity index (χ4n) is 2.22. The topological polar surface area (TPSA) is 29.1 Å². The van der Waals surface area contributed by atoms with E-state index in [2.05, 4.69) is 29.6 Å². The Hall–Kier alpha value is -1.57. The first-order chi connectivity index (χ1) is 7.79. The molecule has 0 aliphatic heterocycles. The second-order valence-corrected chi connectivity index (χ2v) is 4.22. The summed E-state index contributed by atoms with van der Waals surface area (Å²) in [6.45, 7) is 1.86. The van der Waals surface area contributed by atoms with Gasteiger partial charge in [-0.2, -0.15) is 0 Å². The van der Waals surface area contributed by atoms with Gasteiger partial charge in [0.15, 0.2) is 0 Å². The van der Waals surface area contributed by atoms with Gasteiger partial charge in [-0.1, -0.05) is 30.3 Å². The van der Waals surface area contributed by atoms with Gasteiger partial charge in [-0.05, 0) is 43.4 Å². The molecule has 1 atom stereocenters. The van der Waals surface area contributed by atoms with Crippen LogP contribution >= 0.6 is 0 Å². The largest absolute Gasteiger partial charge is 0.349 e. The smallest absolute Gasteiger partial charge is 0.243 e. The standard InChI is InChI=1S/C14H17NO/c1-2-5-14(16)15-13-9-8-11-6-3-4-7-12(11)10-13/h2-7,13H,8-10H2,1H3,(H,15,16). The Kier molecular flexibility index (Phi) is 3.40. The Balaban J connectivity index is 2.00. The SMILES string of the molecule is CC=CC(=O)NC1CCc2ccccc2C1. The van der Waals surface area contributed by atoms with E-state index in [1.54, 1.807) is 12.2 Å². The highest BCUT2D eigenvalue weighted by Gasteiger charge is 2.18. The molecule has 1 unspecified atom stereocenters. The Morgan fingerprint density at radius 1 is 1.38 bits per heavy atom. The van der Waals surface area contributed by atoms with Crippen molar-refractivity contribution < 1.29 is 4.79 Å². The second kappa shape index (κ2) is 4.97. The zero-order valence-corrected chi connectivity index (χ0v) is 9.57. The highest BCUT2D eigenvalue weighted by Crippen LogP contribution is 2.20. The van der Waals surface area contributed by atoms with Crippen LogP contribution in [-0.2, 0) is 17.6 Å². The van der Waals surface area contributed by atoms with Crippen LogP contribution in [0.15, 0.2) is 36.4 Å². The predicted octanol–water partition coefficient (Wildman–Crippen LogP) is 2.24. The lowest BCUT2D eigenvalue weighted by Crippen LogP contribution is -2.37. The molecule has 16 heavy (non-hydrogen) atoms. The summed E-state index contributed by atoms with van der Waals surface area (Å²) in [6, 6.07) is 8.77. The molecule has 0 saturated heterocycles. The monoisotopic (exact) mass is 215 g/mol. The van der Waals surface area contributed by atoms with Gasteiger partial charge in [0.25, 0.3) is 0 Å². The first kappa shape index (κ1) is 10.9. The van der Waals surface area contributed by atoms with Gasteiger partial charge in [0.2, 0.25) is 5.91 Å². The highest BCUT2D eigenvalue weighted by atomic mass is 16.1. The van der Waals surface area contributed by atoms with Crippen LogP contribution < -0.4 is 5.32 Å². The van der Waals surface area contributed by atoms with Crippen molar-refractivity contribution in [2.45, 2.75) is 32.2 Å². The molecule has 0 aromatic heterocycles. The van der Waals surface area contributed by atoms with Gasteiger partial charge in [0.05, 0.1) is 0 Å². The number of carbonyl (C=O) groups excluding carboxylic acids is 1. The van der Waals surface area contributed by atoms with Crippen molar-refractivity contribution >= 4 is 5.91 Å². The summed E-state index contributed by atoms with van der Waals surface area (Å²) in [5.41, 5.74) is 2.80. The van der Waals surface area contributed by atoms with Crippen molar-refractivity contribution in [3.8, 4) is 0 Å². The van der Waals surface area contributed by atoms with Crippen molar-refractivity contribution in [3.63, 3.8) is 0 Å². The van der Waals surface area contributed by atoms with E-state index < -0.39 is 0 Å². The summed E-state index contributed by atoms with van der Waals surface area (Å²) in [4.78, 5) is 11.4. The molecule has 0 spiro atoms. The number of nitrogens with one attached hydrogen (secondary N) is 1. The van der Waals surface area contributed by atoms with Crippen LogP contribution in [0.1, 0.15) is 24.5 Å². The summed E-state index contributed by atoms with van der Waals surface area (Å²) in [7, 11) is 0. The fourth-order valence-corrected chi connectivity index (χ4v) is 2.22. The third-order valence-corrected chi connectivity index (χ3v) is 3.01. The van der Waals surface area contributed by atoms with Crippen LogP contribution in [0.3, 0.4) is 0 Å². The molecule has 0 heterocycles. The minimum absolute atomic E-state index is 0.0203. The number of fused-ring (bicyclic) bond motifs is 1. The number of rotatable bonds is 2. The minimum atomic E-state index is 0.0203. The van der Waals surface area contributed by atoms with Crippen LogP contribution in [0.2, 0.25) is 0 Å². The molecule has 2 heteroatoms. The quantitative estimate of drug-likeness (QED) is 0.753. The van der Waals surface area contributed by atoms with Gasteiger partial charge in [-0.15, -0.1) is 0 Å². The molecule has 0 saturated carbocycles. The summed E-state index contributed by atoms with van der Waals surface area (Å²) in [6.07, 6.45) is 6.42. The normalized spacial score (nSPS) is 19.4. The van der Waals surface area contributed by atoms with Crippen molar-refractivity contribution in [2.24, 2.45) is 0 Å². The van der Waals surface area contributed by atoms with E-state index in [9.17, 15) is 4.79 Å². The van der Waals surface area contributed by atoms with Gasteiger partial charge in [-0.25, -0.2) is 0 Å². The maximum atomic E-state index is 11.4. The van der Waals surface area contributed by atoms with Crippen LogP contribution in [0, 0.1) is 0 Å². The maximum absolute atomic E-state index is 11.4. The summed E-state index contributed by atoms with van der Waals surface area (Å²) in [5, 5.41) is 3.03. The van der Waals surface area contributed by atoms with Crippen LogP contribution in [0.4, 0.5) is 0 Å². The van der Waals surface area contributed by atoms with Gasteiger partial charge >= 0.3 is 0 Å². The summed E-state index contributed by atoms with van der Waals surface area (Å²) < 4.78 is 0. The molecule has 0 bridgehead atoms. The van der Waals surface area contributed by atoms with Crippen molar-refractivity contribution in [2.75, 3.05) is 0 Å². The van der Waals surface area contributed by atoms with Gasteiger partial charge < -0.3 is 5.32 Å². The predicted molar refractivity (Wildman–Crippen MR) is 65.2 cm³/mol. The van der Waals surface area contributed by atoms with Gasteiger partial charge in [-0.3, -0.25) is 4.79 Å². The lowest BCUT2D eigenvalue weighted by molar-refractivity contribution is -0.117. The third kappa shape index (κ3) is 2.51. The Bertz CT molecular complexity index is 409. The minimum Gasteiger partial charge on any atom is -0.349 e.